The molecule has 0 aliphatic rings. The van der Waals surface area contributed by atoms with Gasteiger partial charge in [0.25, 0.3) is 0 Å². The van der Waals surface area contributed by atoms with Gasteiger partial charge in [-0.05, 0) is 12.8 Å². The first kappa shape index (κ1) is 49.0. The fraction of sp³-hybridized carbons (Fsp3) is 0.950. The summed E-state index contributed by atoms with van der Waals surface area (Å²) < 4.78 is 34.1. The second kappa shape index (κ2) is 33.8. The van der Waals surface area contributed by atoms with E-state index in [1.54, 1.807) is 0 Å². The molecule has 0 saturated heterocycles. The van der Waals surface area contributed by atoms with E-state index in [0.717, 1.165) is 32.1 Å². The summed E-state index contributed by atoms with van der Waals surface area (Å²) in [6, 6.07) is 0. The highest BCUT2D eigenvalue weighted by molar-refractivity contribution is 7.47. The zero-order valence-corrected chi connectivity index (χ0v) is 34.3. The van der Waals surface area contributed by atoms with Crippen LogP contribution in [0.25, 0.3) is 0 Å². The first-order valence-electron chi connectivity index (χ1n) is 20.8. The molecule has 0 radical (unpaired) electrons. The van der Waals surface area contributed by atoms with Crippen LogP contribution in [0.1, 0.15) is 194 Å². The largest absolute Gasteiger partial charge is 0.472 e. The van der Waals surface area contributed by atoms with Crippen molar-refractivity contribution in [3.05, 3.63) is 0 Å². The minimum atomic E-state index is -4.36. The minimum Gasteiger partial charge on any atom is -0.462 e. The van der Waals surface area contributed by atoms with Crippen molar-refractivity contribution in [2.75, 3.05) is 47.5 Å². The molecule has 0 amide bonds. The van der Waals surface area contributed by atoms with Gasteiger partial charge in [0.2, 0.25) is 0 Å². The lowest BCUT2D eigenvalue weighted by Crippen LogP contribution is -2.37. The Morgan fingerprint density at radius 3 is 1.28 bits per heavy atom. The van der Waals surface area contributed by atoms with E-state index in [1.807, 2.05) is 21.1 Å². The summed E-state index contributed by atoms with van der Waals surface area (Å²) in [4.78, 5) is 35.1. The summed E-state index contributed by atoms with van der Waals surface area (Å²) in [5.41, 5.74) is 0. The Hall–Kier alpha value is -0.990. The van der Waals surface area contributed by atoms with Crippen LogP contribution in [0, 0.1) is 0 Å². The second-order valence-electron chi connectivity index (χ2n) is 15.4. The Kier molecular flexibility index (Phi) is 33.2. The Bertz CT molecular complexity index is 835. The zero-order chi connectivity index (χ0) is 37.2. The van der Waals surface area contributed by atoms with E-state index in [2.05, 4.69) is 13.8 Å². The predicted octanol–water partition coefficient (Wildman–Crippen LogP) is 11.2. The van der Waals surface area contributed by atoms with Crippen molar-refractivity contribution in [3.63, 3.8) is 0 Å². The van der Waals surface area contributed by atoms with Gasteiger partial charge in [-0.2, -0.15) is 0 Å². The molecule has 0 aromatic heterocycles. The number of hydrogen-bond acceptors (Lipinski definition) is 7. The van der Waals surface area contributed by atoms with Gasteiger partial charge in [0, 0.05) is 12.8 Å². The average Bonchev–Trinajstić information content (AvgIpc) is 3.06. The molecule has 2 atom stereocenters. The average molecular weight is 735 g/mol. The molecule has 0 aliphatic heterocycles. The molecule has 1 N–H and O–H groups in total. The molecular weight excluding hydrogens is 653 g/mol. The number of carbonyl (C=O) groups excluding carboxylic acids is 2. The Morgan fingerprint density at radius 1 is 0.540 bits per heavy atom. The number of phosphoric ester groups is 1. The molecule has 9 nitrogen and oxygen atoms in total. The first-order valence-corrected chi connectivity index (χ1v) is 22.3. The maximum atomic E-state index is 12.5. The van der Waals surface area contributed by atoms with Gasteiger partial charge in [-0.1, -0.05) is 168 Å². The van der Waals surface area contributed by atoms with Crippen LogP contribution in [-0.2, 0) is 32.7 Å². The summed E-state index contributed by atoms with van der Waals surface area (Å²) in [5, 5.41) is 0. The number of ether oxygens (including phenoxy) is 2. The third-order valence-corrected chi connectivity index (χ3v) is 10.1. The molecule has 0 heterocycles. The standard InChI is InChI=1S/C40H80NO8P/c1-6-8-10-12-14-16-17-18-19-20-21-22-23-24-25-27-28-30-32-39(42)46-36-38(37-48-50(44,45)47-35-34-41(3,4)5)49-40(43)33-31-29-26-15-13-11-9-7-2/h38H,6-37H2,1-5H3/p+1/t38-/m1/s1. The monoisotopic (exact) mass is 735 g/mol. The predicted molar refractivity (Wildman–Crippen MR) is 206 cm³/mol. The van der Waals surface area contributed by atoms with Gasteiger partial charge in [-0.15, -0.1) is 0 Å². The lowest BCUT2D eigenvalue weighted by atomic mass is 10.0. The van der Waals surface area contributed by atoms with E-state index in [1.165, 1.54) is 128 Å². The highest BCUT2D eigenvalue weighted by atomic mass is 31.2. The SMILES string of the molecule is CCCCCCCCCCCCCCCCCCCCC(=O)OC[C@H](COP(=O)(O)OCC[N+](C)(C)C)OC(=O)CCCCCCCCCC. The van der Waals surface area contributed by atoms with Gasteiger partial charge in [-0.3, -0.25) is 18.6 Å². The quantitative estimate of drug-likeness (QED) is 0.0289. The number of rotatable bonds is 38. The highest BCUT2D eigenvalue weighted by Crippen LogP contribution is 2.43. The van der Waals surface area contributed by atoms with Gasteiger partial charge in [-0.25, -0.2) is 4.57 Å². The number of carbonyl (C=O) groups is 2. The highest BCUT2D eigenvalue weighted by Gasteiger charge is 2.27. The van der Waals surface area contributed by atoms with Crippen LogP contribution in [0.4, 0.5) is 0 Å². The molecule has 0 saturated carbocycles. The lowest BCUT2D eigenvalue weighted by molar-refractivity contribution is -0.870. The maximum Gasteiger partial charge on any atom is 0.472 e. The molecule has 0 aromatic carbocycles. The molecule has 0 aliphatic carbocycles. The normalized spacial score (nSPS) is 13.6. The zero-order valence-electron chi connectivity index (χ0n) is 33.4. The van der Waals surface area contributed by atoms with Crippen molar-refractivity contribution in [2.45, 2.75) is 200 Å². The van der Waals surface area contributed by atoms with Crippen molar-refractivity contribution in [1.29, 1.82) is 0 Å². The van der Waals surface area contributed by atoms with Crippen molar-refractivity contribution in [1.82, 2.24) is 0 Å². The third-order valence-electron chi connectivity index (χ3n) is 9.14. The van der Waals surface area contributed by atoms with Crippen LogP contribution in [-0.4, -0.2) is 74.9 Å². The molecule has 0 fully saturated rings. The molecule has 0 spiro atoms. The van der Waals surface area contributed by atoms with Crippen LogP contribution in [0.15, 0.2) is 0 Å². The molecular formula is C40H81NO8P+. The Balaban J connectivity index is 4.22. The third kappa shape index (κ3) is 36.8. The number of quaternary nitrogens is 1. The summed E-state index contributed by atoms with van der Waals surface area (Å²) in [5.74, 6) is -0.792. The van der Waals surface area contributed by atoms with Crippen LogP contribution >= 0.6 is 7.82 Å². The number of likely N-dealkylation sites (N-methyl/N-ethyl adjacent to an activating group) is 1. The molecule has 1 unspecified atom stereocenters. The summed E-state index contributed by atoms with van der Waals surface area (Å²) in [6.45, 7) is 4.41. The van der Waals surface area contributed by atoms with Crippen LogP contribution < -0.4 is 0 Å². The van der Waals surface area contributed by atoms with E-state index in [0.29, 0.717) is 23.9 Å². The minimum absolute atomic E-state index is 0.0363. The van der Waals surface area contributed by atoms with Gasteiger partial charge >= 0.3 is 19.8 Å². The number of nitrogens with zero attached hydrogens (tertiary/aromatic N) is 1. The fourth-order valence-electron chi connectivity index (χ4n) is 5.84. The molecule has 0 bridgehead atoms. The van der Waals surface area contributed by atoms with Gasteiger partial charge in [0.15, 0.2) is 6.10 Å². The van der Waals surface area contributed by atoms with Gasteiger partial charge < -0.3 is 18.9 Å². The molecule has 0 rings (SSSR count). The van der Waals surface area contributed by atoms with E-state index in [-0.39, 0.29) is 25.6 Å². The lowest BCUT2D eigenvalue weighted by Gasteiger charge is -2.24. The van der Waals surface area contributed by atoms with Crippen molar-refractivity contribution < 1.29 is 42.1 Å². The van der Waals surface area contributed by atoms with Crippen LogP contribution in [0.2, 0.25) is 0 Å². The number of hydrogen-bond donors (Lipinski definition) is 1. The van der Waals surface area contributed by atoms with E-state index in [4.69, 9.17) is 18.5 Å². The van der Waals surface area contributed by atoms with E-state index in [9.17, 15) is 19.0 Å². The van der Waals surface area contributed by atoms with E-state index >= 15 is 0 Å². The van der Waals surface area contributed by atoms with Crippen LogP contribution in [0.3, 0.4) is 0 Å². The van der Waals surface area contributed by atoms with Crippen molar-refractivity contribution in [3.8, 4) is 0 Å². The summed E-state index contributed by atoms with van der Waals surface area (Å²) >= 11 is 0. The molecule has 50 heavy (non-hydrogen) atoms. The number of phosphoric acid groups is 1. The van der Waals surface area contributed by atoms with Crippen LogP contribution in [0.5, 0.6) is 0 Å². The Morgan fingerprint density at radius 2 is 0.900 bits per heavy atom. The topological polar surface area (TPSA) is 108 Å². The molecule has 0 aromatic rings. The smallest absolute Gasteiger partial charge is 0.462 e. The Labute approximate surface area is 308 Å². The fourth-order valence-corrected chi connectivity index (χ4v) is 6.58. The summed E-state index contributed by atoms with van der Waals surface area (Å²) in [7, 11) is 1.49. The van der Waals surface area contributed by atoms with Crippen molar-refractivity contribution >= 4 is 19.8 Å². The number of esters is 2. The maximum absolute atomic E-state index is 12.5. The van der Waals surface area contributed by atoms with Gasteiger partial charge in [0.05, 0.1) is 27.7 Å². The van der Waals surface area contributed by atoms with Gasteiger partial charge in [0.1, 0.15) is 19.8 Å². The molecule has 10 heteroatoms. The first-order chi connectivity index (χ1) is 24.0. The summed E-state index contributed by atoms with van der Waals surface area (Å²) in [6.07, 6.45) is 31.6. The number of unbranched alkanes of at least 4 members (excludes halogenated alkanes) is 24. The van der Waals surface area contributed by atoms with Crippen molar-refractivity contribution in [2.24, 2.45) is 0 Å². The van der Waals surface area contributed by atoms with E-state index < -0.39 is 26.5 Å². The second-order valence-corrected chi connectivity index (χ2v) is 16.8. The molecule has 298 valence electrons.